The van der Waals surface area contributed by atoms with Gasteiger partial charge in [-0.15, -0.1) is 0 Å². The number of non-ortho nitro benzene ring substituents is 1. The van der Waals surface area contributed by atoms with E-state index < -0.39 is 23.3 Å². The molecule has 0 aliphatic carbocycles. The van der Waals surface area contributed by atoms with Crippen molar-refractivity contribution in [2.45, 2.75) is 26.1 Å². The normalized spacial score (nSPS) is 19.9. The van der Waals surface area contributed by atoms with Gasteiger partial charge >= 0.3 is 5.82 Å². The Morgan fingerprint density at radius 3 is 2.55 bits per heavy atom. The summed E-state index contributed by atoms with van der Waals surface area (Å²) in [5, 5.41) is 10.5. The molecule has 1 aliphatic rings. The SMILES string of the molecule is Cc1oc(=O)oc1COC1OC1Oc1ccc([N+](=O)[O-])cc1. The molecule has 2 atom stereocenters. The Kier molecular flexibility index (Phi) is 3.65. The van der Waals surface area contributed by atoms with E-state index >= 15 is 0 Å². The highest BCUT2D eigenvalue weighted by molar-refractivity contribution is 5.36. The summed E-state index contributed by atoms with van der Waals surface area (Å²) in [5.74, 6) is 0.271. The van der Waals surface area contributed by atoms with Crippen molar-refractivity contribution >= 4 is 5.69 Å². The molecule has 1 aliphatic heterocycles. The van der Waals surface area contributed by atoms with Gasteiger partial charge in [0.1, 0.15) is 18.1 Å². The van der Waals surface area contributed by atoms with Crippen molar-refractivity contribution in [2.24, 2.45) is 0 Å². The smallest absolute Gasteiger partial charge is 0.459 e. The number of nitro benzene ring substituents is 1. The standard InChI is InChI=1S/C13H11NO8/c1-7-10(21-13(15)19-7)6-18-11-12(22-11)20-9-4-2-8(3-5-9)14(16)17/h2-5,11-12H,6H2,1H3. The van der Waals surface area contributed by atoms with Crippen LogP contribution in [0.3, 0.4) is 0 Å². The van der Waals surface area contributed by atoms with Crippen LogP contribution in [-0.2, 0) is 16.1 Å². The summed E-state index contributed by atoms with van der Waals surface area (Å²) >= 11 is 0. The molecule has 2 unspecified atom stereocenters. The fourth-order valence-electron chi connectivity index (χ4n) is 1.73. The molecule has 116 valence electrons. The summed E-state index contributed by atoms with van der Waals surface area (Å²) in [6.07, 6.45) is -1.21. The lowest BCUT2D eigenvalue weighted by Crippen LogP contribution is -2.07. The molecule has 0 N–H and O–H groups in total. The molecule has 0 radical (unpaired) electrons. The maximum atomic E-state index is 10.9. The summed E-state index contributed by atoms with van der Waals surface area (Å²) in [7, 11) is 0. The highest BCUT2D eigenvalue weighted by Crippen LogP contribution is 2.29. The summed E-state index contributed by atoms with van der Waals surface area (Å²) in [6, 6.07) is 5.60. The largest absolute Gasteiger partial charge is 0.519 e. The number of nitro groups is 1. The number of rotatable bonds is 6. The molecule has 1 fully saturated rings. The molecule has 2 heterocycles. The molecule has 0 spiro atoms. The number of nitrogens with zero attached hydrogens (tertiary/aromatic N) is 1. The first-order valence-corrected chi connectivity index (χ1v) is 6.30. The van der Waals surface area contributed by atoms with Gasteiger partial charge in [0.15, 0.2) is 5.76 Å². The minimum atomic E-state index is -0.786. The molecule has 22 heavy (non-hydrogen) atoms. The van der Waals surface area contributed by atoms with E-state index in [4.69, 9.17) is 23.0 Å². The van der Waals surface area contributed by atoms with Gasteiger partial charge in [-0.2, -0.15) is 0 Å². The van der Waals surface area contributed by atoms with Crippen molar-refractivity contribution < 1.29 is 28.0 Å². The van der Waals surface area contributed by atoms with Crippen molar-refractivity contribution in [2.75, 3.05) is 0 Å². The summed E-state index contributed by atoms with van der Waals surface area (Å²) in [6.45, 7) is 1.60. The zero-order chi connectivity index (χ0) is 15.7. The molecule has 0 amide bonds. The molecular formula is C13H11NO8. The van der Waals surface area contributed by atoms with Gasteiger partial charge in [-0.3, -0.25) is 10.1 Å². The van der Waals surface area contributed by atoms with E-state index in [1.807, 2.05) is 0 Å². The number of epoxide rings is 1. The van der Waals surface area contributed by atoms with E-state index in [-0.39, 0.29) is 18.1 Å². The van der Waals surface area contributed by atoms with Crippen molar-refractivity contribution in [3.8, 4) is 5.75 Å². The molecule has 2 aromatic rings. The maximum Gasteiger partial charge on any atom is 0.519 e. The third-order valence-corrected chi connectivity index (χ3v) is 2.93. The Labute approximate surface area is 123 Å². The predicted molar refractivity (Wildman–Crippen MR) is 69.2 cm³/mol. The summed E-state index contributed by atoms with van der Waals surface area (Å²) in [4.78, 5) is 20.9. The van der Waals surface area contributed by atoms with Crippen molar-refractivity contribution in [1.82, 2.24) is 0 Å². The number of benzene rings is 1. The first-order chi connectivity index (χ1) is 10.5. The van der Waals surface area contributed by atoms with E-state index in [1.54, 1.807) is 6.92 Å². The highest BCUT2D eigenvalue weighted by Gasteiger charge is 2.43. The molecule has 3 rings (SSSR count). The molecule has 0 bridgehead atoms. The van der Waals surface area contributed by atoms with Gasteiger partial charge in [0, 0.05) is 12.1 Å². The minimum absolute atomic E-state index is 0.0162. The zero-order valence-electron chi connectivity index (χ0n) is 11.4. The van der Waals surface area contributed by atoms with E-state index in [2.05, 4.69) is 0 Å². The van der Waals surface area contributed by atoms with Crippen LogP contribution in [0, 0.1) is 17.0 Å². The van der Waals surface area contributed by atoms with Gasteiger partial charge in [0.05, 0.1) is 4.92 Å². The predicted octanol–water partition coefficient (Wildman–Crippen LogP) is 1.73. The Morgan fingerprint density at radius 2 is 1.95 bits per heavy atom. The van der Waals surface area contributed by atoms with Crippen LogP contribution in [0.5, 0.6) is 5.75 Å². The second kappa shape index (κ2) is 5.62. The van der Waals surface area contributed by atoms with Crippen molar-refractivity contribution in [3.63, 3.8) is 0 Å². The minimum Gasteiger partial charge on any atom is -0.459 e. The second-order valence-electron chi connectivity index (χ2n) is 4.49. The first-order valence-electron chi connectivity index (χ1n) is 6.30. The maximum absolute atomic E-state index is 10.9. The molecular weight excluding hydrogens is 298 g/mol. The first kappa shape index (κ1) is 14.3. The third-order valence-electron chi connectivity index (χ3n) is 2.93. The third kappa shape index (κ3) is 3.15. The van der Waals surface area contributed by atoms with Gasteiger partial charge < -0.3 is 23.0 Å². The van der Waals surface area contributed by atoms with E-state index in [1.165, 1.54) is 24.3 Å². The van der Waals surface area contributed by atoms with Gasteiger partial charge in [-0.25, -0.2) is 4.79 Å². The Morgan fingerprint density at radius 1 is 1.23 bits per heavy atom. The monoisotopic (exact) mass is 309 g/mol. The van der Waals surface area contributed by atoms with Gasteiger partial charge in [-0.1, -0.05) is 0 Å². The van der Waals surface area contributed by atoms with Gasteiger partial charge in [0.2, 0.25) is 6.29 Å². The van der Waals surface area contributed by atoms with Gasteiger partial charge in [0.25, 0.3) is 12.0 Å². The van der Waals surface area contributed by atoms with Crippen LogP contribution in [0.15, 0.2) is 37.9 Å². The quantitative estimate of drug-likeness (QED) is 0.449. The highest BCUT2D eigenvalue weighted by atomic mass is 16.9. The Balaban J connectivity index is 1.49. The number of ether oxygens (including phenoxy) is 3. The van der Waals surface area contributed by atoms with Crippen LogP contribution in [0.1, 0.15) is 11.5 Å². The van der Waals surface area contributed by atoms with Gasteiger partial charge in [-0.05, 0) is 19.1 Å². The molecule has 9 heteroatoms. The summed E-state index contributed by atoms with van der Waals surface area (Å²) < 4.78 is 25.3. The molecule has 1 saturated heterocycles. The van der Waals surface area contributed by atoms with Crippen LogP contribution in [0.25, 0.3) is 0 Å². The lowest BCUT2D eigenvalue weighted by Gasteiger charge is -2.02. The number of hydrogen-bond acceptors (Lipinski definition) is 8. The number of aryl methyl sites for hydroxylation is 1. The zero-order valence-corrected chi connectivity index (χ0v) is 11.4. The molecule has 0 saturated carbocycles. The van der Waals surface area contributed by atoms with E-state index in [0.717, 1.165) is 0 Å². The lowest BCUT2D eigenvalue weighted by molar-refractivity contribution is -0.384. The Hall–Kier alpha value is -2.65. The van der Waals surface area contributed by atoms with Crippen LogP contribution in [-0.4, -0.2) is 17.5 Å². The van der Waals surface area contributed by atoms with Crippen LogP contribution in [0.2, 0.25) is 0 Å². The van der Waals surface area contributed by atoms with Crippen LogP contribution < -0.4 is 10.6 Å². The fraction of sp³-hybridized carbons (Fsp3) is 0.308. The van der Waals surface area contributed by atoms with Crippen LogP contribution >= 0.6 is 0 Å². The topological polar surface area (TPSA) is 117 Å². The molecule has 1 aromatic heterocycles. The average Bonchev–Trinajstić information content (AvgIpc) is 3.13. The van der Waals surface area contributed by atoms with Crippen molar-refractivity contribution in [3.05, 3.63) is 56.5 Å². The lowest BCUT2D eigenvalue weighted by atomic mass is 10.3. The summed E-state index contributed by atoms with van der Waals surface area (Å²) in [5.41, 5.74) is -0.0256. The Bertz CT molecular complexity index is 731. The van der Waals surface area contributed by atoms with E-state index in [9.17, 15) is 14.9 Å². The fourth-order valence-corrected chi connectivity index (χ4v) is 1.73. The second-order valence-corrected chi connectivity index (χ2v) is 4.49. The van der Waals surface area contributed by atoms with E-state index in [0.29, 0.717) is 11.5 Å². The van der Waals surface area contributed by atoms with Crippen LogP contribution in [0.4, 0.5) is 5.69 Å². The molecule has 1 aromatic carbocycles. The number of hydrogen-bond donors (Lipinski definition) is 0. The van der Waals surface area contributed by atoms with Crippen molar-refractivity contribution in [1.29, 1.82) is 0 Å². The molecule has 9 nitrogen and oxygen atoms in total. The average molecular weight is 309 g/mol.